The average Bonchev–Trinajstić information content (AvgIpc) is 3.55. The van der Waals surface area contributed by atoms with Crippen LogP contribution in [0.25, 0.3) is 0 Å². The Morgan fingerprint density at radius 2 is 1.73 bits per heavy atom. The standard InChI is InChI=1S/C26H22ClNO5/c27-19-6-8-20(9-7-19)31-22-10-11-23(18(15-22)12-16-4-5-16)32-21-3-1-2-17(13-21)14-24-25(29)28-26(30)33-24/h1-3,6-11,13,15-16,29H,4-5,12,14H2,(H,28,30). The summed E-state index contributed by atoms with van der Waals surface area (Å²) in [5, 5.41) is 10.4. The zero-order chi connectivity index (χ0) is 22.8. The van der Waals surface area contributed by atoms with E-state index >= 15 is 0 Å². The Morgan fingerprint density at radius 1 is 0.970 bits per heavy atom. The number of aromatic hydroxyl groups is 1. The second-order valence-electron chi connectivity index (χ2n) is 8.19. The first kappa shape index (κ1) is 21.2. The lowest BCUT2D eigenvalue weighted by Gasteiger charge is -2.14. The van der Waals surface area contributed by atoms with Gasteiger partial charge in [-0.25, -0.2) is 4.79 Å². The Bertz CT molecular complexity index is 1320. The molecule has 3 aromatic carbocycles. The number of nitrogens with one attached hydrogen (secondary N) is 1. The third kappa shape index (κ3) is 5.41. The molecule has 5 rings (SSSR count). The minimum Gasteiger partial charge on any atom is -0.492 e. The minimum atomic E-state index is -0.680. The summed E-state index contributed by atoms with van der Waals surface area (Å²) in [6, 6.07) is 20.6. The zero-order valence-corrected chi connectivity index (χ0v) is 18.5. The Labute approximate surface area is 195 Å². The zero-order valence-electron chi connectivity index (χ0n) is 17.7. The van der Waals surface area contributed by atoms with Crippen molar-refractivity contribution < 1.29 is 19.0 Å². The number of ether oxygens (including phenoxy) is 2. The smallest absolute Gasteiger partial charge is 0.419 e. The lowest BCUT2D eigenvalue weighted by molar-refractivity contribution is 0.425. The molecule has 168 valence electrons. The third-order valence-corrected chi connectivity index (χ3v) is 5.73. The van der Waals surface area contributed by atoms with Crippen LogP contribution in [0.15, 0.2) is 75.9 Å². The van der Waals surface area contributed by atoms with Crippen LogP contribution in [0, 0.1) is 5.92 Å². The predicted octanol–water partition coefficient (Wildman–Crippen LogP) is 6.45. The van der Waals surface area contributed by atoms with E-state index in [1.54, 1.807) is 12.1 Å². The van der Waals surface area contributed by atoms with Crippen molar-refractivity contribution in [2.75, 3.05) is 0 Å². The topological polar surface area (TPSA) is 84.7 Å². The fourth-order valence-corrected chi connectivity index (χ4v) is 3.78. The van der Waals surface area contributed by atoms with Crippen LogP contribution in [-0.4, -0.2) is 10.1 Å². The van der Waals surface area contributed by atoms with Gasteiger partial charge in [0, 0.05) is 11.4 Å². The first-order valence-corrected chi connectivity index (χ1v) is 11.1. The van der Waals surface area contributed by atoms with E-state index < -0.39 is 5.76 Å². The highest BCUT2D eigenvalue weighted by molar-refractivity contribution is 6.30. The molecule has 0 aliphatic heterocycles. The maximum absolute atomic E-state index is 11.3. The van der Waals surface area contributed by atoms with Gasteiger partial charge in [0.25, 0.3) is 0 Å². The van der Waals surface area contributed by atoms with Crippen LogP contribution in [0.1, 0.15) is 29.7 Å². The highest BCUT2D eigenvalue weighted by Crippen LogP contribution is 2.38. The van der Waals surface area contributed by atoms with Crippen LogP contribution in [0.5, 0.6) is 28.9 Å². The lowest BCUT2D eigenvalue weighted by Crippen LogP contribution is -1.96. The largest absolute Gasteiger partial charge is 0.492 e. The second kappa shape index (κ2) is 9.08. The van der Waals surface area contributed by atoms with Crippen molar-refractivity contribution >= 4 is 11.6 Å². The van der Waals surface area contributed by atoms with Gasteiger partial charge in [0.05, 0.1) is 0 Å². The molecule has 33 heavy (non-hydrogen) atoms. The van der Waals surface area contributed by atoms with Gasteiger partial charge in [0.15, 0.2) is 5.76 Å². The summed E-state index contributed by atoms with van der Waals surface area (Å²) in [6.07, 6.45) is 3.64. The Balaban J connectivity index is 1.36. The number of aromatic amines is 1. The number of H-pyrrole nitrogens is 1. The van der Waals surface area contributed by atoms with Gasteiger partial charge in [-0.15, -0.1) is 0 Å². The predicted molar refractivity (Wildman–Crippen MR) is 125 cm³/mol. The summed E-state index contributed by atoms with van der Waals surface area (Å²) in [5.41, 5.74) is 1.93. The second-order valence-corrected chi connectivity index (χ2v) is 8.62. The van der Waals surface area contributed by atoms with E-state index in [1.807, 2.05) is 54.6 Å². The van der Waals surface area contributed by atoms with Gasteiger partial charge in [-0.05, 0) is 90.9 Å². The molecule has 0 radical (unpaired) electrons. The number of benzene rings is 3. The molecule has 0 spiro atoms. The van der Waals surface area contributed by atoms with Gasteiger partial charge in [-0.2, -0.15) is 0 Å². The molecule has 6 nitrogen and oxygen atoms in total. The van der Waals surface area contributed by atoms with Crippen LogP contribution in [0.2, 0.25) is 5.02 Å². The molecular weight excluding hydrogens is 442 g/mol. The maximum atomic E-state index is 11.3. The maximum Gasteiger partial charge on any atom is 0.419 e. The first-order chi connectivity index (χ1) is 16.0. The fraction of sp³-hybridized carbons (Fsp3) is 0.192. The van der Waals surface area contributed by atoms with Gasteiger partial charge in [-0.1, -0.05) is 23.7 Å². The Kier molecular flexibility index (Phi) is 5.84. The van der Waals surface area contributed by atoms with Crippen molar-refractivity contribution in [2.45, 2.75) is 25.7 Å². The minimum absolute atomic E-state index is 0.190. The van der Waals surface area contributed by atoms with E-state index in [4.69, 9.17) is 25.5 Å². The molecule has 7 heteroatoms. The number of halogens is 1. The highest BCUT2D eigenvalue weighted by Gasteiger charge is 2.24. The Hall–Kier alpha value is -3.64. The number of rotatable bonds is 8. The van der Waals surface area contributed by atoms with Crippen LogP contribution in [0.3, 0.4) is 0 Å². The van der Waals surface area contributed by atoms with E-state index in [2.05, 4.69) is 4.98 Å². The molecule has 4 aromatic rings. The van der Waals surface area contributed by atoms with Crippen LogP contribution < -0.4 is 15.2 Å². The summed E-state index contributed by atoms with van der Waals surface area (Å²) >= 11 is 5.96. The highest BCUT2D eigenvalue weighted by atomic mass is 35.5. The van der Waals surface area contributed by atoms with Crippen LogP contribution in [0.4, 0.5) is 0 Å². The monoisotopic (exact) mass is 463 g/mol. The van der Waals surface area contributed by atoms with Crippen LogP contribution >= 0.6 is 11.6 Å². The van der Waals surface area contributed by atoms with Gasteiger partial charge < -0.3 is 19.0 Å². The molecule has 0 amide bonds. The van der Waals surface area contributed by atoms with Gasteiger partial charge in [0.2, 0.25) is 5.88 Å². The quantitative estimate of drug-likeness (QED) is 0.313. The molecule has 1 fully saturated rings. The number of aromatic nitrogens is 1. The molecule has 0 saturated heterocycles. The molecular formula is C26H22ClNO5. The molecule has 0 bridgehead atoms. The summed E-state index contributed by atoms with van der Waals surface area (Å²) in [4.78, 5) is 13.5. The van der Waals surface area contributed by atoms with Gasteiger partial charge in [-0.3, -0.25) is 4.98 Å². The molecule has 1 saturated carbocycles. The van der Waals surface area contributed by atoms with E-state index in [0.29, 0.717) is 16.7 Å². The molecule has 1 heterocycles. The van der Waals surface area contributed by atoms with Gasteiger partial charge in [0.1, 0.15) is 23.0 Å². The van der Waals surface area contributed by atoms with E-state index in [9.17, 15) is 9.90 Å². The van der Waals surface area contributed by atoms with Crippen molar-refractivity contribution in [3.05, 3.63) is 99.2 Å². The van der Waals surface area contributed by atoms with Crippen molar-refractivity contribution in [2.24, 2.45) is 5.92 Å². The molecule has 1 aliphatic carbocycles. The van der Waals surface area contributed by atoms with E-state index in [0.717, 1.165) is 34.8 Å². The summed E-state index contributed by atoms with van der Waals surface area (Å²) < 4.78 is 17.2. The van der Waals surface area contributed by atoms with Gasteiger partial charge >= 0.3 is 5.76 Å². The molecule has 1 aromatic heterocycles. The molecule has 1 aliphatic rings. The van der Waals surface area contributed by atoms with Crippen LogP contribution in [-0.2, 0) is 12.8 Å². The van der Waals surface area contributed by atoms with Crippen molar-refractivity contribution in [1.29, 1.82) is 0 Å². The summed E-state index contributed by atoms with van der Waals surface area (Å²) in [5.74, 6) is 2.82. The summed E-state index contributed by atoms with van der Waals surface area (Å²) in [7, 11) is 0. The molecule has 0 atom stereocenters. The SMILES string of the molecule is O=c1[nH]c(O)c(Cc2cccc(Oc3ccc(Oc4ccc(Cl)cc4)cc3CC3CC3)c2)o1. The number of hydrogen-bond acceptors (Lipinski definition) is 5. The van der Waals surface area contributed by atoms with E-state index in [1.165, 1.54) is 12.8 Å². The lowest BCUT2D eigenvalue weighted by atomic mass is 10.1. The van der Waals surface area contributed by atoms with Crippen molar-refractivity contribution in [3.8, 4) is 28.9 Å². The summed E-state index contributed by atoms with van der Waals surface area (Å²) in [6.45, 7) is 0. The molecule has 0 unspecified atom stereocenters. The van der Waals surface area contributed by atoms with E-state index in [-0.39, 0.29) is 18.1 Å². The van der Waals surface area contributed by atoms with Crippen molar-refractivity contribution in [3.63, 3.8) is 0 Å². The number of oxazole rings is 1. The first-order valence-electron chi connectivity index (χ1n) is 10.8. The third-order valence-electron chi connectivity index (χ3n) is 5.48. The average molecular weight is 464 g/mol. The normalized spacial score (nSPS) is 13.1. The molecule has 2 N–H and O–H groups in total. The fourth-order valence-electron chi connectivity index (χ4n) is 3.65. The Morgan fingerprint density at radius 3 is 2.45 bits per heavy atom. The number of hydrogen-bond donors (Lipinski definition) is 2. The van der Waals surface area contributed by atoms with Crippen molar-refractivity contribution in [1.82, 2.24) is 4.98 Å².